The minimum Gasteiger partial charge on any atom is -0.333 e. The number of imidazole rings is 1. The lowest BCUT2D eigenvalue weighted by molar-refractivity contribution is 0.573. The quantitative estimate of drug-likeness (QED) is 0.916. The molecule has 0 fully saturated rings. The standard InChI is InChI=1S/C12H16BrN3S/c1-3-5-16-6-4-15-12(16)11(14-2)10-7-9(13)8-17-10/h4,6-8,11,14H,3,5H2,1-2H3. The molecule has 0 saturated heterocycles. The Labute approximate surface area is 114 Å². The van der Waals surface area contributed by atoms with Crippen molar-refractivity contribution in [2.24, 2.45) is 0 Å². The Bertz CT molecular complexity index is 478. The molecule has 1 N–H and O–H groups in total. The van der Waals surface area contributed by atoms with Gasteiger partial charge < -0.3 is 9.88 Å². The molecule has 2 rings (SSSR count). The van der Waals surface area contributed by atoms with Crippen molar-refractivity contribution in [3.63, 3.8) is 0 Å². The van der Waals surface area contributed by atoms with E-state index >= 15 is 0 Å². The third kappa shape index (κ3) is 2.78. The fraction of sp³-hybridized carbons (Fsp3) is 0.417. The van der Waals surface area contributed by atoms with Gasteiger partial charge in [0.15, 0.2) is 0 Å². The van der Waals surface area contributed by atoms with E-state index in [9.17, 15) is 0 Å². The lowest BCUT2D eigenvalue weighted by Gasteiger charge is -2.16. The van der Waals surface area contributed by atoms with Crippen LogP contribution in [-0.4, -0.2) is 16.6 Å². The maximum atomic E-state index is 4.48. The molecule has 1 atom stereocenters. The molecule has 0 amide bonds. The number of hydrogen-bond donors (Lipinski definition) is 1. The third-order valence-electron chi connectivity index (χ3n) is 2.63. The summed E-state index contributed by atoms with van der Waals surface area (Å²) in [6.07, 6.45) is 5.04. The molecular weight excluding hydrogens is 298 g/mol. The van der Waals surface area contributed by atoms with Crippen LogP contribution in [0, 0.1) is 0 Å². The van der Waals surface area contributed by atoms with E-state index in [1.54, 1.807) is 11.3 Å². The molecule has 0 saturated carbocycles. The highest BCUT2D eigenvalue weighted by Gasteiger charge is 2.18. The van der Waals surface area contributed by atoms with Gasteiger partial charge in [0, 0.05) is 33.7 Å². The number of halogens is 1. The number of nitrogens with zero attached hydrogens (tertiary/aromatic N) is 2. The number of aromatic nitrogens is 2. The van der Waals surface area contributed by atoms with Gasteiger partial charge in [0.25, 0.3) is 0 Å². The number of hydrogen-bond acceptors (Lipinski definition) is 3. The highest BCUT2D eigenvalue weighted by atomic mass is 79.9. The van der Waals surface area contributed by atoms with Crippen LogP contribution in [0.25, 0.3) is 0 Å². The average molecular weight is 314 g/mol. The van der Waals surface area contributed by atoms with E-state index in [1.165, 1.54) is 4.88 Å². The van der Waals surface area contributed by atoms with Gasteiger partial charge in [-0.25, -0.2) is 4.98 Å². The highest BCUT2D eigenvalue weighted by Crippen LogP contribution is 2.29. The van der Waals surface area contributed by atoms with Gasteiger partial charge in [0.05, 0.1) is 0 Å². The van der Waals surface area contributed by atoms with Gasteiger partial charge in [-0.2, -0.15) is 0 Å². The van der Waals surface area contributed by atoms with Crippen molar-refractivity contribution in [3.05, 3.63) is 39.0 Å². The molecule has 2 aromatic rings. The largest absolute Gasteiger partial charge is 0.333 e. The molecule has 0 aliphatic heterocycles. The molecule has 0 aliphatic carbocycles. The first-order valence-corrected chi connectivity index (χ1v) is 7.35. The highest BCUT2D eigenvalue weighted by molar-refractivity contribution is 9.10. The van der Waals surface area contributed by atoms with E-state index in [1.807, 2.05) is 19.4 Å². The summed E-state index contributed by atoms with van der Waals surface area (Å²) < 4.78 is 3.35. The van der Waals surface area contributed by atoms with Crippen LogP contribution in [0.1, 0.15) is 30.1 Å². The van der Waals surface area contributed by atoms with Crippen molar-refractivity contribution in [3.8, 4) is 0 Å². The molecule has 3 nitrogen and oxygen atoms in total. The summed E-state index contributed by atoms with van der Waals surface area (Å²) in [6.45, 7) is 3.19. The Kier molecular flexibility index (Phi) is 4.36. The summed E-state index contributed by atoms with van der Waals surface area (Å²) in [5.41, 5.74) is 0. The maximum absolute atomic E-state index is 4.48. The second-order valence-electron chi connectivity index (χ2n) is 3.87. The monoisotopic (exact) mass is 313 g/mol. The van der Waals surface area contributed by atoms with Crippen molar-refractivity contribution < 1.29 is 0 Å². The van der Waals surface area contributed by atoms with E-state index in [4.69, 9.17) is 0 Å². The number of aryl methyl sites for hydroxylation is 1. The topological polar surface area (TPSA) is 29.9 Å². The normalized spacial score (nSPS) is 12.9. The predicted octanol–water partition coefficient (Wildman–Crippen LogP) is 3.43. The zero-order valence-corrected chi connectivity index (χ0v) is 12.4. The molecule has 5 heteroatoms. The van der Waals surface area contributed by atoms with Gasteiger partial charge >= 0.3 is 0 Å². The van der Waals surface area contributed by atoms with Gasteiger partial charge in [-0.1, -0.05) is 6.92 Å². The number of thiophene rings is 1. The van der Waals surface area contributed by atoms with E-state index in [2.05, 4.69) is 49.2 Å². The summed E-state index contributed by atoms with van der Waals surface area (Å²) in [4.78, 5) is 5.76. The lowest BCUT2D eigenvalue weighted by atomic mass is 10.2. The van der Waals surface area contributed by atoms with Gasteiger partial charge in [0.1, 0.15) is 11.9 Å². The maximum Gasteiger partial charge on any atom is 0.131 e. The van der Waals surface area contributed by atoms with Crippen LogP contribution in [0.2, 0.25) is 0 Å². The van der Waals surface area contributed by atoms with Crippen molar-refractivity contribution in [1.29, 1.82) is 0 Å². The minimum absolute atomic E-state index is 0.174. The number of nitrogens with one attached hydrogen (secondary N) is 1. The number of rotatable bonds is 5. The van der Waals surface area contributed by atoms with Crippen LogP contribution < -0.4 is 5.32 Å². The third-order valence-corrected chi connectivity index (χ3v) is 4.39. The Balaban J connectivity index is 2.31. The van der Waals surface area contributed by atoms with Crippen LogP contribution in [0.3, 0.4) is 0 Å². The zero-order chi connectivity index (χ0) is 12.3. The Hall–Kier alpha value is -0.650. The Morgan fingerprint density at radius 3 is 3.00 bits per heavy atom. The first-order valence-electron chi connectivity index (χ1n) is 5.68. The molecule has 1 unspecified atom stereocenters. The predicted molar refractivity (Wildman–Crippen MR) is 75.4 cm³/mol. The van der Waals surface area contributed by atoms with Crippen molar-refractivity contribution in [2.45, 2.75) is 25.9 Å². The summed E-state index contributed by atoms with van der Waals surface area (Å²) in [7, 11) is 1.98. The van der Waals surface area contributed by atoms with Gasteiger partial charge in [-0.15, -0.1) is 11.3 Å². The van der Waals surface area contributed by atoms with Crippen molar-refractivity contribution >= 4 is 27.3 Å². The average Bonchev–Trinajstić information content (AvgIpc) is 2.91. The molecule has 2 aromatic heterocycles. The van der Waals surface area contributed by atoms with E-state index in [0.29, 0.717) is 0 Å². The molecule has 17 heavy (non-hydrogen) atoms. The molecule has 0 aromatic carbocycles. The molecule has 0 spiro atoms. The fourth-order valence-electron chi connectivity index (χ4n) is 1.89. The lowest BCUT2D eigenvalue weighted by Crippen LogP contribution is -2.21. The zero-order valence-electron chi connectivity index (χ0n) is 9.98. The van der Waals surface area contributed by atoms with Crippen LogP contribution in [0.4, 0.5) is 0 Å². The molecule has 0 aliphatic rings. The first-order chi connectivity index (χ1) is 8.26. The van der Waals surface area contributed by atoms with Gasteiger partial charge in [0.2, 0.25) is 0 Å². The summed E-state index contributed by atoms with van der Waals surface area (Å²) >= 11 is 5.24. The van der Waals surface area contributed by atoms with E-state index in [-0.39, 0.29) is 6.04 Å². The summed E-state index contributed by atoms with van der Waals surface area (Å²) in [6, 6.07) is 2.32. The van der Waals surface area contributed by atoms with Crippen LogP contribution in [0.5, 0.6) is 0 Å². The Morgan fingerprint density at radius 1 is 1.59 bits per heavy atom. The molecular formula is C12H16BrN3S. The van der Waals surface area contributed by atoms with E-state index in [0.717, 1.165) is 23.3 Å². The molecule has 0 radical (unpaired) electrons. The first kappa shape index (κ1) is 12.8. The minimum atomic E-state index is 0.174. The Morgan fingerprint density at radius 2 is 2.41 bits per heavy atom. The van der Waals surface area contributed by atoms with E-state index < -0.39 is 0 Å². The van der Waals surface area contributed by atoms with Crippen LogP contribution in [0.15, 0.2) is 28.3 Å². The SMILES string of the molecule is CCCn1ccnc1C(NC)c1cc(Br)cs1. The van der Waals surface area contributed by atoms with Crippen LogP contribution in [-0.2, 0) is 6.54 Å². The summed E-state index contributed by atoms with van der Waals surface area (Å²) in [5, 5.41) is 5.44. The van der Waals surface area contributed by atoms with Crippen LogP contribution >= 0.6 is 27.3 Å². The second kappa shape index (κ2) is 5.80. The second-order valence-corrected chi connectivity index (χ2v) is 5.73. The smallest absolute Gasteiger partial charge is 0.131 e. The molecule has 2 heterocycles. The summed E-state index contributed by atoms with van der Waals surface area (Å²) in [5.74, 6) is 1.09. The fourth-order valence-corrected chi connectivity index (χ4v) is 3.44. The molecule has 0 bridgehead atoms. The van der Waals surface area contributed by atoms with Gasteiger partial charge in [-0.05, 0) is 35.5 Å². The van der Waals surface area contributed by atoms with Gasteiger partial charge in [-0.3, -0.25) is 0 Å². The molecule has 92 valence electrons. The van der Waals surface area contributed by atoms with Crippen molar-refractivity contribution in [2.75, 3.05) is 7.05 Å². The van der Waals surface area contributed by atoms with Crippen molar-refractivity contribution in [1.82, 2.24) is 14.9 Å².